The normalized spacial score (nSPS) is 20.2. The lowest BCUT2D eigenvalue weighted by Crippen LogP contribution is -2.40. The fourth-order valence-corrected chi connectivity index (χ4v) is 2.74. The minimum Gasteiger partial charge on any atom is -0.389 e. The van der Waals surface area contributed by atoms with Crippen LogP contribution in [0.3, 0.4) is 0 Å². The van der Waals surface area contributed by atoms with Crippen molar-refractivity contribution in [1.82, 2.24) is 5.32 Å². The van der Waals surface area contributed by atoms with Crippen LogP contribution in [-0.2, 0) is 9.47 Å². The molecule has 1 saturated carbocycles. The van der Waals surface area contributed by atoms with E-state index in [4.69, 9.17) is 9.47 Å². The Morgan fingerprint density at radius 1 is 1.10 bits per heavy atom. The molecule has 2 N–H and O–H groups in total. The van der Waals surface area contributed by atoms with Crippen molar-refractivity contribution in [3.63, 3.8) is 0 Å². The number of aliphatic hydroxyl groups excluding tert-OH is 1. The van der Waals surface area contributed by atoms with Crippen molar-refractivity contribution in [3.05, 3.63) is 0 Å². The highest BCUT2D eigenvalue weighted by molar-refractivity contribution is 4.76. The van der Waals surface area contributed by atoms with Gasteiger partial charge in [-0.05, 0) is 39.5 Å². The first-order chi connectivity index (χ1) is 9.59. The zero-order valence-corrected chi connectivity index (χ0v) is 13.4. The maximum Gasteiger partial charge on any atom is 0.0897 e. The molecule has 2 unspecified atom stereocenters. The van der Waals surface area contributed by atoms with Gasteiger partial charge in [0.15, 0.2) is 0 Å². The molecule has 0 radical (unpaired) electrons. The van der Waals surface area contributed by atoms with E-state index in [0.29, 0.717) is 32.4 Å². The Bertz CT molecular complexity index is 230. The Morgan fingerprint density at radius 3 is 2.45 bits per heavy atom. The summed E-state index contributed by atoms with van der Waals surface area (Å²) in [5.41, 5.74) is 0. The number of hydrogen-bond donors (Lipinski definition) is 2. The molecule has 0 saturated heterocycles. The Kier molecular flexibility index (Phi) is 9.44. The fourth-order valence-electron chi connectivity index (χ4n) is 2.74. The van der Waals surface area contributed by atoms with Crippen LogP contribution >= 0.6 is 0 Å². The molecule has 1 aliphatic carbocycles. The van der Waals surface area contributed by atoms with Gasteiger partial charge >= 0.3 is 0 Å². The van der Waals surface area contributed by atoms with Gasteiger partial charge in [-0.3, -0.25) is 0 Å². The first-order valence-corrected chi connectivity index (χ1v) is 8.20. The molecule has 0 aromatic heterocycles. The van der Waals surface area contributed by atoms with E-state index in [1.165, 1.54) is 32.1 Å². The SMILES string of the molecule is CC(C)OCCOCC(O)CNC(C)C1CCCCC1. The molecule has 0 aliphatic heterocycles. The topological polar surface area (TPSA) is 50.7 Å². The summed E-state index contributed by atoms with van der Waals surface area (Å²) in [6.07, 6.45) is 6.57. The molecule has 0 amide bonds. The van der Waals surface area contributed by atoms with Crippen molar-refractivity contribution < 1.29 is 14.6 Å². The number of rotatable bonds is 10. The van der Waals surface area contributed by atoms with Gasteiger partial charge in [0.1, 0.15) is 0 Å². The number of nitrogens with one attached hydrogen (secondary N) is 1. The predicted octanol–water partition coefficient (Wildman–Crippen LogP) is 2.35. The summed E-state index contributed by atoms with van der Waals surface area (Å²) >= 11 is 0. The van der Waals surface area contributed by atoms with E-state index in [1.54, 1.807) is 0 Å². The Labute approximate surface area is 124 Å². The van der Waals surface area contributed by atoms with Crippen molar-refractivity contribution in [2.45, 2.75) is 71.1 Å². The lowest BCUT2D eigenvalue weighted by atomic mass is 9.84. The molecule has 0 spiro atoms. The summed E-state index contributed by atoms with van der Waals surface area (Å²) in [6.45, 7) is 8.38. The lowest BCUT2D eigenvalue weighted by molar-refractivity contribution is -0.0108. The molecule has 4 nitrogen and oxygen atoms in total. The molecule has 0 aromatic rings. The smallest absolute Gasteiger partial charge is 0.0897 e. The van der Waals surface area contributed by atoms with Crippen LogP contribution in [0.4, 0.5) is 0 Å². The summed E-state index contributed by atoms with van der Waals surface area (Å²) in [4.78, 5) is 0. The van der Waals surface area contributed by atoms with Gasteiger partial charge in [-0.25, -0.2) is 0 Å². The average molecular weight is 287 g/mol. The van der Waals surface area contributed by atoms with Gasteiger partial charge in [-0.1, -0.05) is 19.3 Å². The van der Waals surface area contributed by atoms with Crippen molar-refractivity contribution in [2.24, 2.45) is 5.92 Å². The van der Waals surface area contributed by atoms with Crippen LogP contribution in [0.1, 0.15) is 52.9 Å². The van der Waals surface area contributed by atoms with Gasteiger partial charge in [0.05, 0.1) is 32.0 Å². The van der Waals surface area contributed by atoms with E-state index >= 15 is 0 Å². The molecule has 1 aliphatic rings. The van der Waals surface area contributed by atoms with E-state index in [1.807, 2.05) is 13.8 Å². The predicted molar refractivity (Wildman–Crippen MR) is 82.0 cm³/mol. The zero-order valence-electron chi connectivity index (χ0n) is 13.4. The van der Waals surface area contributed by atoms with E-state index in [-0.39, 0.29) is 6.10 Å². The summed E-state index contributed by atoms with van der Waals surface area (Å²) in [6, 6.07) is 0.495. The molecule has 4 heteroatoms. The van der Waals surface area contributed by atoms with Gasteiger partial charge in [0, 0.05) is 12.6 Å². The maximum absolute atomic E-state index is 9.88. The second-order valence-electron chi connectivity index (χ2n) is 6.24. The maximum atomic E-state index is 9.88. The third kappa shape index (κ3) is 8.20. The second kappa shape index (κ2) is 10.6. The van der Waals surface area contributed by atoms with Crippen molar-refractivity contribution >= 4 is 0 Å². The molecule has 1 fully saturated rings. The minimum atomic E-state index is -0.430. The highest BCUT2D eigenvalue weighted by Crippen LogP contribution is 2.26. The monoisotopic (exact) mass is 287 g/mol. The summed E-state index contributed by atoms with van der Waals surface area (Å²) in [7, 11) is 0. The van der Waals surface area contributed by atoms with E-state index in [0.717, 1.165) is 5.92 Å². The van der Waals surface area contributed by atoms with Crippen LogP contribution in [0.5, 0.6) is 0 Å². The average Bonchev–Trinajstić information content (AvgIpc) is 2.45. The third-order valence-corrected chi connectivity index (χ3v) is 4.02. The zero-order chi connectivity index (χ0) is 14.8. The molecule has 120 valence electrons. The summed E-state index contributed by atoms with van der Waals surface area (Å²) in [5, 5.41) is 13.3. The van der Waals surface area contributed by atoms with Crippen LogP contribution in [0.2, 0.25) is 0 Å². The van der Waals surface area contributed by atoms with Crippen LogP contribution in [0, 0.1) is 5.92 Å². The third-order valence-electron chi connectivity index (χ3n) is 4.02. The molecule has 20 heavy (non-hydrogen) atoms. The first kappa shape index (κ1) is 17.9. The van der Waals surface area contributed by atoms with E-state index in [9.17, 15) is 5.11 Å². The largest absolute Gasteiger partial charge is 0.389 e. The van der Waals surface area contributed by atoms with Gasteiger partial charge in [0.2, 0.25) is 0 Å². The highest BCUT2D eigenvalue weighted by atomic mass is 16.5. The van der Waals surface area contributed by atoms with Gasteiger partial charge < -0.3 is 19.9 Å². The van der Waals surface area contributed by atoms with E-state index in [2.05, 4.69) is 12.2 Å². The van der Waals surface area contributed by atoms with Crippen molar-refractivity contribution in [1.29, 1.82) is 0 Å². The molecule has 1 rings (SSSR count). The molecular formula is C16H33NO3. The minimum absolute atomic E-state index is 0.238. The van der Waals surface area contributed by atoms with Crippen molar-refractivity contribution in [3.8, 4) is 0 Å². The summed E-state index contributed by atoms with van der Waals surface area (Å²) in [5.74, 6) is 0.774. The van der Waals surface area contributed by atoms with Crippen LogP contribution in [0.25, 0.3) is 0 Å². The van der Waals surface area contributed by atoms with Gasteiger partial charge in [0.25, 0.3) is 0 Å². The highest BCUT2D eigenvalue weighted by Gasteiger charge is 2.20. The van der Waals surface area contributed by atoms with E-state index < -0.39 is 6.10 Å². The van der Waals surface area contributed by atoms with Gasteiger partial charge in [-0.15, -0.1) is 0 Å². The molecule has 0 bridgehead atoms. The Morgan fingerprint density at radius 2 is 1.80 bits per heavy atom. The molecule has 0 heterocycles. The number of ether oxygens (including phenoxy) is 2. The lowest BCUT2D eigenvalue weighted by Gasteiger charge is -2.29. The summed E-state index contributed by atoms with van der Waals surface area (Å²) < 4.78 is 10.8. The van der Waals surface area contributed by atoms with Crippen molar-refractivity contribution in [2.75, 3.05) is 26.4 Å². The van der Waals surface area contributed by atoms with Crippen LogP contribution in [0.15, 0.2) is 0 Å². The van der Waals surface area contributed by atoms with Gasteiger partial charge in [-0.2, -0.15) is 0 Å². The van der Waals surface area contributed by atoms with Crippen LogP contribution in [-0.4, -0.2) is 49.7 Å². The standard InChI is InChI=1S/C16H33NO3/c1-13(2)20-10-9-19-12-16(18)11-17-14(3)15-7-5-4-6-8-15/h13-18H,4-12H2,1-3H3. The fraction of sp³-hybridized carbons (Fsp3) is 1.00. The Balaban J connectivity index is 1.99. The van der Waals surface area contributed by atoms with Crippen LogP contribution < -0.4 is 5.32 Å². The number of hydrogen-bond acceptors (Lipinski definition) is 4. The Hall–Kier alpha value is -0.160. The second-order valence-corrected chi connectivity index (χ2v) is 6.24. The first-order valence-electron chi connectivity index (χ1n) is 8.20. The molecule has 0 aromatic carbocycles. The number of aliphatic hydroxyl groups is 1. The molecular weight excluding hydrogens is 254 g/mol. The molecule has 2 atom stereocenters. The quantitative estimate of drug-likeness (QED) is 0.606.